The highest BCUT2D eigenvalue weighted by Crippen LogP contribution is 2.31. The van der Waals surface area contributed by atoms with Crippen LogP contribution in [0.3, 0.4) is 0 Å². The quantitative estimate of drug-likeness (QED) is 0.573. The molecular formula is C22H24FN3O4S. The van der Waals surface area contributed by atoms with Gasteiger partial charge < -0.3 is 14.8 Å². The molecule has 3 aromatic rings. The fourth-order valence-corrected chi connectivity index (χ4v) is 4.92. The van der Waals surface area contributed by atoms with Gasteiger partial charge in [0.1, 0.15) is 23.1 Å². The van der Waals surface area contributed by atoms with Crippen molar-refractivity contribution >= 4 is 10.0 Å². The summed E-state index contributed by atoms with van der Waals surface area (Å²) in [6.07, 6.45) is 6.21. The van der Waals surface area contributed by atoms with Crippen LogP contribution in [0.25, 0.3) is 11.3 Å². The molecule has 1 fully saturated rings. The third-order valence-corrected chi connectivity index (χ3v) is 6.75. The highest BCUT2D eigenvalue weighted by atomic mass is 32.2. The number of hydrogen-bond donors (Lipinski definition) is 1. The average Bonchev–Trinajstić information content (AvgIpc) is 3.44. The van der Waals surface area contributed by atoms with E-state index in [9.17, 15) is 8.42 Å². The van der Waals surface area contributed by atoms with Crippen LogP contribution in [0.1, 0.15) is 18.4 Å². The van der Waals surface area contributed by atoms with Crippen LogP contribution >= 0.6 is 0 Å². The lowest BCUT2D eigenvalue weighted by Gasteiger charge is -2.14. The Labute approximate surface area is 180 Å². The normalized spacial score (nSPS) is 16.5. The molecule has 1 atom stereocenters. The summed E-state index contributed by atoms with van der Waals surface area (Å²) in [4.78, 5) is 3.93. The Morgan fingerprint density at radius 2 is 2.19 bits per heavy atom. The number of benzene rings is 1. The van der Waals surface area contributed by atoms with Crippen molar-refractivity contribution in [2.75, 3.05) is 20.3 Å². The Morgan fingerprint density at radius 1 is 1.32 bits per heavy atom. The number of pyridine rings is 1. The molecule has 1 aliphatic heterocycles. The Morgan fingerprint density at radius 3 is 2.87 bits per heavy atom. The van der Waals surface area contributed by atoms with Crippen molar-refractivity contribution in [1.82, 2.24) is 14.3 Å². The SMILES string of the molecule is CNCc1cc(-c2ccc(OCC3CCCO3)cc2F)n(S(=O)(=O)c2cccnc2)c1. The zero-order chi connectivity index (χ0) is 21.8. The van der Waals surface area contributed by atoms with Gasteiger partial charge in [-0.3, -0.25) is 4.98 Å². The molecule has 1 N–H and O–H groups in total. The van der Waals surface area contributed by atoms with Gasteiger partial charge in [-0.15, -0.1) is 0 Å². The summed E-state index contributed by atoms with van der Waals surface area (Å²) in [5, 5.41) is 2.99. The third kappa shape index (κ3) is 4.63. The molecule has 0 aliphatic carbocycles. The van der Waals surface area contributed by atoms with E-state index in [0.717, 1.165) is 23.4 Å². The number of nitrogens with zero attached hydrogens (tertiary/aromatic N) is 2. The minimum absolute atomic E-state index is 0.0219. The maximum atomic E-state index is 15.1. The largest absolute Gasteiger partial charge is 0.491 e. The van der Waals surface area contributed by atoms with Gasteiger partial charge in [-0.1, -0.05) is 0 Å². The molecule has 7 nitrogen and oxygen atoms in total. The molecule has 2 aromatic heterocycles. The van der Waals surface area contributed by atoms with Crippen LogP contribution in [0.4, 0.5) is 4.39 Å². The molecule has 164 valence electrons. The summed E-state index contributed by atoms with van der Waals surface area (Å²) in [6, 6.07) is 9.12. The van der Waals surface area contributed by atoms with Crippen molar-refractivity contribution in [3.8, 4) is 17.0 Å². The molecule has 9 heteroatoms. The number of ether oxygens (including phenoxy) is 2. The van der Waals surface area contributed by atoms with Gasteiger partial charge in [-0.05, 0) is 55.8 Å². The number of halogens is 1. The molecule has 0 radical (unpaired) electrons. The smallest absolute Gasteiger partial charge is 0.269 e. The highest BCUT2D eigenvalue weighted by molar-refractivity contribution is 7.90. The molecule has 4 rings (SSSR count). The number of aromatic nitrogens is 2. The van der Waals surface area contributed by atoms with Gasteiger partial charge in [0.2, 0.25) is 0 Å². The van der Waals surface area contributed by atoms with Gasteiger partial charge in [0, 0.05) is 43.4 Å². The lowest BCUT2D eigenvalue weighted by atomic mass is 10.1. The zero-order valence-electron chi connectivity index (χ0n) is 17.1. The Kier molecular flexibility index (Phi) is 6.35. The Balaban J connectivity index is 1.68. The van der Waals surface area contributed by atoms with Gasteiger partial charge in [-0.2, -0.15) is 0 Å². The first-order valence-corrected chi connectivity index (χ1v) is 11.5. The molecule has 1 unspecified atom stereocenters. The van der Waals surface area contributed by atoms with E-state index in [1.54, 1.807) is 25.2 Å². The summed E-state index contributed by atoms with van der Waals surface area (Å²) >= 11 is 0. The fraction of sp³-hybridized carbons (Fsp3) is 0.318. The Bertz CT molecular complexity index is 1140. The van der Waals surface area contributed by atoms with E-state index in [1.807, 2.05) is 0 Å². The minimum Gasteiger partial charge on any atom is -0.491 e. The van der Waals surface area contributed by atoms with E-state index in [-0.39, 0.29) is 22.3 Å². The molecule has 1 aliphatic rings. The first-order chi connectivity index (χ1) is 15.0. The predicted octanol–water partition coefficient (Wildman–Crippen LogP) is 3.20. The van der Waals surface area contributed by atoms with Crippen molar-refractivity contribution < 1.29 is 22.3 Å². The van der Waals surface area contributed by atoms with Crippen molar-refractivity contribution in [3.63, 3.8) is 0 Å². The van der Waals surface area contributed by atoms with Gasteiger partial charge in [0.15, 0.2) is 0 Å². The molecule has 1 aromatic carbocycles. The van der Waals surface area contributed by atoms with E-state index in [0.29, 0.717) is 24.5 Å². The topological polar surface area (TPSA) is 82.5 Å². The highest BCUT2D eigenvalue weighted by Gasteiger charge is 2.24. The van der Waals surface area contributed by atoms with Crippen LogP contribution in [-0.2, 0) is 21.3 Å². The molecule has 1 saturated heterocycles. The standard InChI is InChI=1S/C22H24FN3O4S/c1-24-12-16-10-22(26(14-16)31(27,28)19-5-2-8-25-13-19)20-7-6-17(11-21(20)23)30-15-18-4-3-9-29-18/h2,5-8,10-11,13-14,18,24H,3-4,9,12,15H2,1H3. The summed E-state index contributed by atoms with van der Waals surface area (Å²) in [7, 11) is -2.19. The van der Waals surface area contributed by atoms with Crippen molar-refractivity contribution in [2.24, 2.45) is 0 Å². The molecule has 0 bridgehead atoms. The molecule has 3 heterocycles. The lowest BCUT2D eigenvalue weighted by molar-refractivity contribution is 0.0678. The Hall–Kier alpha value is -2.75. The zero-order valence-corrected chi connectivity index (χ0v) is 17.9. The number of nitrogens with one attached hydrogen (secondary N) is 1. The maximum absolute atomic E-state index is 15.1. The van der Waals surface area contributed by atoms with Crippen LogP contribution < -0.4 is 10.1 Å². The molecule has 0 spiro atoms. The van der Waals surface area contributed by atoms with E-state index in [1.165, 1.54) is 36.8 Å². The lowest BCUT2D eigenvalue weighted by Crippen LogP contribution is -2.16. The first-order valence-electron chi connectivity index (χ1n) is 10.0. The second-order valence-electron chi connectivity index (χ2n) is 7.34. The summed E-state index contributed by atoms with van der Waals surface area (Å²) in [5.41, 5.74) is 1.11. The van der Waals surface area contributed by atoms with Crippen LogP contribution in [0, 0.1) is 5.82 Å². The molecule has 0 saturated carbocycles. The summed E-state index contributed by atoms with van der Waals surface area (Å²) in [6.45, 7) is 1.52. The van der Waals surface area contributed by atoms with Gasteiger partial charge in [0.05, 0.1) is 11.8 Å². The van der Waals surface area contributed by atoms with Crippen LogP contribution in [-0.4, -0.2) is 43.7 Å². The summed E-state index contributed by atoms with van der Waals surface area (Å²) in [5.74, 6) is -0.193. The van der Waals surface area contributed by atoms with Gasteiger partial charge in [-0.25, -0.2) is 16.8 Å². The molecule has 31 heavy (non-hydrogen) atoms. The van der Waals surface area contributed by atoms with Crippen LogP contribution in [0.2, 0.25) is 0 Å². The average molecular weight is 446 g/mol. The van der Waals surface area contributed by atoms with E-state index in [4.69, 9.17) is 9.47 Å². The van der Waals surface area contributed by atoms with Gasteiger partial charge in [0.25, 0.3) is 10.0 Å². The fourth-order valence-electron chi connectivity index (χ4n) is 3.56. The maximum Gasteiger partial charge on any atom is 0.269 e. The summed E-state index contributed by atoms with van der Waals surface area (Å²) < 4.78 is 53.8. The van der Waals surface area contributed by atoms with E-state index < -0.39 is 15.8 Å². The monoisotopic (exact) mass is 445 g/mol. The first kappa shape index (κ1) is 21.5. The van der Waals surface area contributed by atoms with Crippen molar-refractivity contribution in [2.45, 2.75) is 30.4 Å². The van der Waals surface area contributed by atoms with Crippen LogP contribution in [0.15, 0.2) is 59.9 Å². The van der Waals surface area contributed by atoms with Crippen molar-refractivity contribution in [1.29, 1.82) is 0 Å². The van der Waals surface area contributed by atoms with Crippen LogP contribution in [0.5, 0.6) is 5.75 Å². The molecular weight excluding hydrogens is 421 g/mol. The van der Waals surface area contributed by atoms with E-state index >= 15 is 4.39 Å². The van der Waals surface area contributed by atoms with Gasteiger partial charge >= 0.3 is 0 Å². The van der Waals surface area contributed by atoms with Crippen molar-refractivity contribution in [3.05, 3.63) is 66.4 Å². The predicted molar refractivity (Wildman–Crippen MR) is 114 cm³/mol. The second-order valence-corrected chi connectivity index (χ2v) is 9.16. The number of rotatable bonds is 8. The minimum atomic E-state index is -3.95. The van der Waals surface area contributed by atoms with E-state index in [2.05, 4.69) is 10.3 Å². The third-order valence-electron chi connectivity index (χ3n) is 5.09. The number of hydrogen-bond acceptors (Lipinski definition) is 6. The molecule has 0 amide bonds. The second kappa shape index (κ2) is 9.17.